The predicted molar refractivity (Wildman–Crippen MR) is 68.5 cm³/mol. The summed E-state index contributed by atoms with van der Waals surface area (Å²) in [6.45, 7) is 4.17. The first-order valence-electron chi connectivity index (χ1n) is 5.47. The number of aliphatic hydroxyl groups is 1. The first kappa shape index (κ1) is 14.2. The topological polar surface area (TPSA) is 58.6 Å². The summed E-state index contributed by atoms with van der Waals surface area (Å²) in [5, 5.41) is 15.7. The molecule has 0 aliphatic heterocycles. The number of aliphatic hydroxyl groups excluding tert-OH is 1. The molecule has 0 saturated heterocycles. The van der Waals surface area contributed by atoms with Crippen LogP contribution in [0.5, 0.6) is 0 Å². The van der Waals surface area contributed by atoms with Crippen LogP contribution in [0.1, 0.15) is 29.3 Å². The Morgan fingerprint density at radius 3 is 2.76 bits per heavy atom. The lowest BCUT2D eigenvalue weighted by Gasteiger charge is -2.29. The Morgan fingerprint density at radius 2 is 2.29 bits per heavy atom. The van der Waals surface area contributed by atoms with Crippen molar-refractivity contribution in [3.8, 4) is 0 Å². The van der Waals surface area contributed by atoms with Gasteiger partial charge in [-0.3, -0.25) is 4.79 Å². The molecule has 17 heavy (non-hydrogen) atoms. The number of amides is 1. The first-order valence-corrected chi connectivity index (χ1v) is 6.42. The third kappa shape index (κ3) is 3.80. The highest BCUT2D eigenvalue weighted by molar-refractivity contribution is 7.08. The van der Waals surface area contributed by atoms with E-state index in [0.29, 0.717) is 18.6 Å². The lowest BCUT2D eigenvalue weighted by atomic mass is 9.98. The van der Waals surface area contributed by atoms with Crippen molar-refractivity contribution in [2.45, 2.75) is 25.8 Å². The Hall–Kier alpha value is -0.910. The SMILES string of the molecule is COCC(C)(CCO)NC(=O)c1cscc1C. The molecular formula is C12H19NO3S. The monoisotopic (exact) mass is 257 g/mol. The highest BCUT2D eigenvalue weighted by atomic mass is 32.1. The second kappa shape index (κ2) is 6.14. The molecule has 4 nitrogen and oxygen atoms in total. The molecule has 0 fully saturated rings. The Labute approximate surface area is 106 Å². The standard InChI is InChI=1S/C12H19NO3S/c1-9-6-17-7-10(9)11(15)13-12(2,4-5-14)8-16-3/h6-7,14H,4-5,8H2,1-3H3,(H,13,15). The highest BCUT2D eigenvalue weighted by Crippen LogP contribution is 2.16. The van der Waals surface area contributed by atoms with Gasteiger partial charge < -0.3 is 15.2 Å². The van der Waals surface area contributed by atoms with Gasteiger partial charge in [-0.25, -0.2) is 0 Å². The summed E-state index contributed by atoms with van der Waals surface area (Å²) in [5.41, 5.74) is 1.13. The van der Waals surface area contributed by atoms with Gasteiger partial charge in [-0.2, -0.15) is 11.3 Å². The number of aryl methyl sites for hydroxylation is 1. The number of hydrogen-bond acceptors (Lipinski definition) is 4. The van der Waals surface area contributed by atoms with Crippen molar-refractivity contribution in [1.29, 1.82) is 0 Å². The number of rotatable bonds is 6. The number of carbonyl (C=O) groups excluding carboxylic acids is 1. The van der Waals surface area contributed by atoms with Crippen LogP contribution in [0.4, 0.5) is 0 Å². The van der Waals surface area contributed by atoms with Crippen LogP contribution in [0.3, 0.4) is 0 Å². The van der Waals surface area contributed by atoms with Crippen molar-refractivity contribution in [3.05, 3.63) is 21.9 Å². The predicted octanol–water partition coefficient (Wildman–Crippen LogP) is 1.57. The molecule has 0 aliphatic carbocycles. The third-order valence-corrected chi connectivity index (χ3v) is 3.50. The second-order valence-corrected chi connectivity index (χ2v) is 5.13. The van der Waals surface area contributed by atoms with Crippen molar-refractivity contribution >= 4 is 17.2 Å². The van der Waals surface area contributed by atoms with Crippen LogP contribution in [0.25, 0.3) is 0 Å². The molecule has 0 saturated carbocycles. The lowest BCUT2D eigenvalue weighted by molar-refractivity contribution is 0.0725. The van der Waals surface area contributed by atoms with Crippen LogP contribution < -0.4 is 5.32 Å². The van der Waals surface area contributed by atoms with Gasteiger partial charge in [0.25, 0.3) is 5.91 Å². The molecule has 0 bridgehead atoms. The Kier molecular flexibility index (Phi) is 5.11. The second-order valence-electron chi connectivity index (χ2n) is 4.39. The van der Waals surface area contributed by atoms with Gasteiger partial charge in [-0.1, -0.05) is 0 Å². The van der Waals surface area contributed by atoms with Crippen LogP contribution in [0.2, 0.25) is 0 Å². The van der Waals surface area contributed by atoms with Crippen LogP contribution in [-0.2, 0) is 4.74 Å². The molecule has 1 aromatic heterocycles. The largest absolute Gasteiger partial charge is 0.396 e. The fourth-order valence-corrected chi connectivity index (χ4v) is 2.50. The van der Waals surface area contributed by atoms with E-state index < -0.39 is 5.54 Å². The first-order chi connectivity index (χ1) is 8.02. The molecule has 1 amide bonds. The van der Waals surface area contributed by atoms with Gasteiger partial charge >= 0.3 is 0 Å². The van der Waals surface area contributed by atoms with Crippen molar-refractivity contribution < 1.29 is 14.6 Å². The lowest BCUT2D eigenvalue weighted by Crippen LogP contribution is -2.50. The molecular weight excluding hydrogens is 238 g/mol. The van der Waals surface area contributed by atoms with Crippen molar-refractivity contribution in [1.82, 2.24) is 5.32 Å². The number of hydrogen-bond donors (Lipinski definition) is 2. The fourth-order valence-electron chi connectivity index (χ4n) is 1.67. The van der Waals surface area contributed by atoms with E-state index in [1.165, 1.54) is 11.3 Å². The van der Waals surface area contributed by atoms with E-state index in [2.05, 4.69) is 5.32 Å². The summed E-state index contributed by atoms with van der Waals surface area (Å²) < 4.78 is 5.08. The van der Waals surface area contributed by atoms with Crippen LogP contribution in [0.15, 0.2) is 10.8 Å². The van der Waals surface area contributed by atoms with Crippen molar-refractivity contribution in [3.63, 3.8) is 0 Å². The van der Waals surface area contributed by atoms with E-state index in [1.54, 1.807) is 7.11 Å². The molecule has 1 rings (SSSR count). The van der Waals surface area contributed by atoms with Crippen LogP contribution >= 0.6 is 11.3 Å². The summed E-state index contributed by atoms with van der Waals surface area (Å²) in [6, 6.07) is 0. The summed E-state index contributed by atoms with van der Waals surface area (Å²) in [6.07, 6.45) is 0.468. The van der Waals surface area contributed by atoms with Gasteiger partial charge in [-0.15, -0.1) is 0 Å². The Bertz CT molecular complexity index is 370. The normalized spacial score (nSPS) is 14.4. The number of ether oxygens (including phenoxy) is 1. The molecule has 5 heteroatoms. The summed E-state index contributed by atoms with van der Waals surface area (Å²) >= 11 is 1.51. The molecule has 96 valence electrons. The molecule has 1 atom stereocenters. The van der Waals surface area contributed by atoms with E-state index >= 15 is 0 Å². The molecule has 0 spiro atoms. The van der Waals surface area contributed by atoms with Gasteiger partial charge in [-0.05, 0) is 31.2 Å². The van der Waals surface area contributed by atoms with Gasteiger partial charge in [0, 0.05) is 19.1 Å². The maximum Gasteiger partial charge on any atom is 0.252 e. The number of thiophene rings is 1. The summed E-state index contributed by atoms with van der Waals surface area (Å²) in [7, 11) is 1.58. The molecule has 1 heterocycles. The van der Waals surface area contributed by atoms with E-state index in [-0.39, 0.29) is 12.5 Å². The molecule has 0 radical (unpaired) electrons. The number of carbonyl (C=O) groups is 1. The van der Waals surface area contributed by atoms with Crippen molar-refractivity contribution in [2.75, 3.05) is 20.3 Å². The van der Waals surface area contributed by atoms with E-state index in [0.717, 1.165) is 5.56 Å². The quantitative estimate of drug-likeness (QED) is 0.813. The average molecular weight is 257 g/mol. The van der Waals surface area contributed by atoms with Crippen molar-refractivity contribution in [2.24, 2.45) is 0 Å². The zero-order valence-electron chi connectivity index (χ0n) is 10.4. The molecule has 1 unspecified atom stereocenters. The molecule has 0 aromatic carbocycles. The van der Waals surface area contributed by atoms with Crippen LogP contribution in [0, 0.1) is 6.92 Å². The van der Waals surface area contributed by atoms with E-state index in [9.17, 15) is 4.79 Å². The van der Waals surface area contributed by atoms with Gasteiger partial charge in [0.2, 0.25) is 0 Å². The van der Waals surface area contributed by atoms with Gasteiger partial charge in [0.1, 0.15) is 0 Å². The van der Waals surface area contributed by atoms with Crippen LogP contribution in [-0.4, -0.2) is 36.9 Å². The average Bonchev–Trinajstić information content (AvgIpc) is 2.64. The number of nitrogens with one attached hydrogen (secondary N) is 1. The molecule has 0 aliphatic rings. The fraction of sp³-hybridized carbons (Fsp3) is 0.583. The minimum Gasteiger partial charge on any atom is -0.396 e. The summed E-state index contributed by atoms with van der Waals surface area (Å²) in [5.74, 6) is -0.114. The maximum absolute atomic E-state index is 12.1. The minimum atomic E-state index is -0.533. The van der Waals surface area contributed by atoms with E-state index in [1.807, 2.05) is 24.6 Å². The third-order valence-electron chi connectivity index (χ3n) is 2.64. The molecule has 2 N–H and O–H groups in total. The smallest absolute Gasteiger partial charge is 0.252 e. The Morgan fingerprint density at radius 1 is 1.59 bits per heavy atom. The number of methoxy groups -OCH3 is 1. The maximum atomic E-state index is 12.1. The van der Waals surface area contributed by atoms with Gasteiger partial charge in [0.15, 0.2) is 0 Å². The zero-order valence-corrected chi connectivity index (χ0v) is 11.3. The van der Waals surface area contributed by atoms with E-state index in [4.69, 9.17) is 9.84 Å². The zero-order chi connectivity index (χ0) is 12.9. The highest BCUT2D eigenvalue weighted by Gasteiger charge is 2.27. The summed E-state index contributed by atoms with van der Waals surface area (Å²) in [4.78, 5) is 12.1. The minimum absolute atomic E-state index is 0.0166. The molecule has 1 aromatic rings. The Balaban J connectivity index is 2.74. The van der Waals surface area contributed by atoms with Gasteiger partial charge in [0.05, 0.1) is 17.7 Å².